The van der Waals surface area contributed by atoms with Gasteiger partial charge in [-0.3, -0.25) is 9.89 Å². The van der Waals surface area contributed by atoms with Crippen LogP contribution in [-0.2, 0) is 6.54 Å². The maximum absolute atomic E-state index is 12.8. The SMILES string of the molecule is Cc1nc(-c2ccccc2Nc2nc(Nc3ccc4c(c3)C(=O)N(C3CC3)C4)ncc2Cl)n[nH]1. The number of aromatic nitrogens is 5. The van der Waals surface area contributed by atoms with Crippen molar-refractivity contribution in [1.29, 1.82) is 0 Å². The number of halogens is 1. The van der Waals surface area contributed by atoms with Crippen LogP contribution in [0.4, 0.5) is 23.1 Å². The molecule has 0 radical (unpaired) electrons. The van der Waals surface area contributed by atoms with Crippen molar-refractivity contribution in [2.75, 3.05) is 10.6 Å². The van der Waals surface area contributed by atoms with Gasteiger partial charge in [0.25, 0.3) is 5.91 Å². The number of fused-ring (bicyclic) bond motifs is 1. The number of carbonyl (C=O) groups excluding carboxylic acids is 1. The molecule has 1 aliphatic heterocycles. The van der Waals surface area contributed by atoms with E-state index in [-0.39, 0.29) is 5.91 Å². The van der Waals surface area contributed by atoms with Crippen LogP contribution in [0.1, 0.15) is 34.6 Å². The zero-order valence-corrected chi connectivity index (χ0v) is 19.1. The summed E-state index contributed by atoms with van der Waals surface area (Å²) >= 11 is 6.40. The van der Waals surface area contributed by atoms with Crippen LogP contribution in [0.5, 0.6) is 0 Å². The van der Waals surface area contributed by atoms with Crippen molar-refractivity contribution in [2.24, 2.45) is 0 Å². The third-order valence-electron chi connectivity index (χ3n) is 5.95. The molecular formula is C24H21ClN8O. The molecular weight excluding hydrogens is 452 g/mol. The molecule has 4 aromatic rings. The van der Waals surface area contributed by atoms with Gasteiger partial charge in [0.2, 0.25) is 5.95 Å². The highest BCUT2D eigenvalue weighted by molar-refractivity contribution is 6.33. The molecule has 0 atom stereocenters. The molecule has 170 valence electrons. The Bertz CT molecular complexity index is 1410. The zero-order chi connectivity index (χ0) is 23.2. The van der Waals surface area contributed by atoms with Crippen LogP contribution in [0.15, 0.2) is 48.7 Å². The standard InChI is InChI=1S/C24H21ClN8O/c1-13-27-21(32-31-13)17-4-2-3-5-20(17)29-22-19(25)11-26-24(30-22)28-15-7-6-14-12-33(16-8-9-16)23(34)18(14)10-15/h2-7,10-11,16H,8-9,12H2,1H3,(H,27,31,32)(H2,26,28,29,30). The van der Waals surface area contributed by atoms with Crippen LogP contribution in [-0.4, -0.2) is 42.0 Å². The van der Waals surface area contributed by atoms with E-state index < -0.39 is 0 Å². The predicted octanol–water partition coefficient (Wildman–Crippen LogP) is 4.83. The average Bonchev–Trinajstić information content (AvgIpc) is 3.51. The zero-order valence-electron chi connectivity index (χ0n) is 18.3. The molecule has 0 saturated heterocycles. The summed E-state index contributed by atoms with van der Waals surface area (Å²) in [7, 11) is 0. The van der Waals surface area contributed by atoms with Gasteiger partial charge in [-0.25, -0.2) is 9.97 Å². The van der Waals surface area contributed by atoms with E-state index in [0.717, 1.165) is 46.7 Å². The van der Waals surface area contributed by atoms with Crippen LogP contribution in [0, 0.1) is 6.92 Å². The minimum Gasteiger partial charge on any atom is -0.338 e. The first-order chi connectivity index (χ1) is 16.5. The summed E-state index contributed by atoms with van der Waals surface area (Å²) < 4.78 is 0. The van der Waals surface area contributed by atoms with Gasteiger partial charge in [-0.05, 0) is 49.6 Å². The molecule has 2 aromatic heterocycles. The minimum atomic E-state index is 0.0966. The van der Waals surface area contributed by atoms with Crippen molar-refractivity contribution in [2.45, 2.75) is 32.4 Å². The van der Waals surface area contributed by atoms with Crippen molar-refractivity contribution in [3.63, 3.8) is 0 Å². The molecule has 9 nitrogen and oxygen atoms in total. The van der Waals surface area contributed by atoms with E-state index in [1.54, 1.807) is 0 Å². The second kappa shape index (κ2) is 8.11. The second-order valence-electron chi connectivity index (χ2n) is 8.47. The quantitative estimate of drug-likeness (QED) is 0.368. The normalized spacial score (nSPS) is 14.9. The van der Waals surface area contributed by atoms with E-state index in [1.165, 1.54) is 6.20 Å². The van der Waals surface area contributed by atoms with Crippen molar-refractivity contribution in [1.82, 2.24) is 30.0 Å². The fourth-order valence-corrected chi connectivity index (χ4v) is 4.24. The first-order valence-electron chi connectivity index (χ1n) is 11.0. The molecule has 1 saturated carbocycles. The third kappa shape index (κ3) is 3.84. The molecule has 6 rings (SSSR count). The lowest BCUT2D eigenvalue weighted by Crippen LogP contribution is -2.25. The smallest absolute Gasteiger partial charge is 0.254 e. The lowest BCUT2D eigenvalue weighted by atomic mass is 10.1. The van der Waals surface area contributed by atoms with Crippen LogP contribution in [0.2, 0.25) is 5.02 Å². The van der Waals surface area contributed by atoms with Gasteiger partial charge in [-0.15, -0.1) is 0 Å². The molecule has 1 aliphatic carbocycles. The van der Waals surface area contributed by atoms with Crippen LogP contribution < -0.4 is 10.6 Å². The fourth-order valence-electron chi connectivity index (χ4n) is 4.10. The summed E-state index contributed by atoms with van der Waals surface area (Å²) in [6, 6.07) is 13.8. The monoisotopic (exact) mass is 472 g/mol. The van der Waals surface area contributed by atoms with Gasteiger partial charge in [-0.2, -0.15) is 10.1 Å². The van der Waals surface area contributed by atoms with Gasteiger partial charge in [0.15, 0.2) is 11.6 Å². The Hall–Kier alpha value is -3.98. The molecule has 0 bridgehead atoms. The molecule has 1 fully saturated rings. The summed E-state index contributed by atoms with van der Waals surface area (Å²) in [5.41, 5.74) is 4.11. The van der Waals surface area contributed by atoms with Crippen molar-refractivity contribution < 1.29 is 4.79 Å². The van der Waals surface area contributed by atoms with Crippen molar-refractivity contribution in [3.05, 3.63) is 70.6 Å². The number of amides is 1. The number of hydrogen-bond donors (Lipinski definition) is 3. The summed E-state index contributed by atoms with van der Waals surface area (Å²) in [5.74, 6) is 2.20. The largest absolute Gasteiger partial charge is 0.338 e. The summed E-state index contributed by atoms with van der Waals surface area (Å²) in [4.78, 5) is 28.0. The topological polar surface area (TPSA) is 112 Å². The Morgan fingerprint density at radius 3 is 2.74 bits per heavy atom. The highest BCUT2D eigenvalue weighted by atomic mass is 35.5. The Kier molecular flexibility index (Phi) is 4.91. The minimum absolute atomic E-state index is 0.0966. The van der Waals surface area contributed by atoms with Gasteiger partial charge in [0.1, 0.15) is 10.8 Å². The third-order valence-corrected chi connectivity index (χ3v) is 6.22. The van der Waals surface area contributed by atoms with E-state index in [0.29, 0.717) is 35.2 Å². The molecule has 2 aliphatic rings. The van der Waals surface area contributed by atoms with Gasteiger partial charge >= 0.3 is 0 Å². The number of anilines is 4. The van der Waals surface area contributed by atoms with E-state index >= 15 is 0 Å². The Morgan fingerprint density at radius 2 is 1.94 bits per heavy atom. The number of nitrogens with zero attached hydrogens (tertiary/aromatic N) is 5. The number of rotatable bonds is 6. The summed E-state index contributed by atoms with van der Waals surface area (Å²) in [6.45, 7) is 2.54. The first kappa shape index (κ1) is 20.6. The average molecular weight is 473 g/mol. The number of aryl methyl sites for hydroxylation is 1. The maximum atomic E-state index is 12.8. The number of carbonyl (C=O) groups is 1. The Labute approximate surface area is 200 Å². The van der Waals surface area contributed by atoms with Gasteiger partial charge in [0.05, 0.1) is 11.9 Å². The molecule has 0 unspecified atom stereocenters. The molecule has 34 heavy (non-hydrogen) atoms. The highest BCUT2D eigenvalue weighted by Crippen LogP contribution is 2.36. The van der Waals surface area contributed by atoms with Crippen LogP contribution >= 0.6 is 11.6 Å². The fraction of sp³-hybridized carbons (Fsp3) is 0.208. The number of nitrogens with one attached hydrogen (secondary N) is 3. The van der Waals surface area contributed by atoms with E-state index in [4.69, 9.17) is 11.6 Å². The number of aromatic amines is 1. The number of hydrogen-bond acceptors (Lipinski definition) is 7. The predicted molar refractivity (Wildman–Crippen MR) is 130 cm³/mol. The van der Waals surface area contributed by atoms with E-state index in [9.17, 15) is 4.79 Å². The van der Waals surface area contributed by atoms with Crippen LogP contribution in [0.25, 0.3) is 11.4 Å². The van der Waals surface area contributed by atoms with Crippen LogP contribution in [0.3, 0.4) is 0 Å². The molecule has 3 heterocycles. The maximum Gasteiger partial charge on any atom is 0.254 e. The molecule has 3 N–H and O–H groups in total. The van der Waals surface area contributed by atoms with Gasteiger partial charge in [0, 0.05) is 29.4 Å². The second-order valence-corrected chi connectivity index (χ2v) is 8.87. The number of H-pyrrole nitrogens is 1. The lowest BCUT2D eigenvalue weighted by Gasteiger charge is -2.13. The van der Waals surface area contributed by atoms with Gasteiger partial charge in [-0.1, -0.05) is 29.8 Å². The van der Waals surface area contributed by atoms with E-state index in [1.807, 2.05) is 54.3 Å². The first-order valence-corrected chi connectivity index (χ1v) is 11.4. The summed E-state index contributed by atoms with van der Waals surface area (Å²) in [6.07, 6.45) is 3.72. The number of para-hydroxylation sites is 1. The molecule has 2 aromatic carbocycles. The number of benzene rings is 2. The molecule has 1 amide bonds. The Morgan fingerprint density at radius 1 is 1.09 bits per heavy atom. The lowest BCUT2D eigenvalue weighted by molar-refractivity contribution is 0.0766. The molecule has 0 spiro atoms. The van der Waals surface area contributed by atoms with Crippen molar-refractivity contribution in [3.8, 4) is 11.4 Å². The van der Waals surface area contributed by atoms with E-state index in [2.05, 4.69) is 35.8 Å². The van der Waals surface area contributed by atoms with Crippen molar-refractivity contribution >= 4 is 40.6 Å². The Balaban J connectivity index is 1.25. The summed E-state index contributed by atoms with van der Waals surface area (Å²) in [5, 5.41) is 14.0. The highest BCUT2D eigenvalue weighted by Gasteiger charge is 2.38. The van der Waals surface area contributed by atoms with Gasteiger partial charge < -0.3 is 15.5 Å². The molecule has 10 heteroatoms.